The van der Waals surface area contributed by atoms with Gasteiger partial charge in [0.2, 0.25) is 0 Å². The number of nitrogens with one attached hydrogen (secondary N) is 1. The zero-order valence-corrected chi connectivity index (χ0v) is 18.7. The van der Waals surface area contributed by atoms with Gasteiger partial charge in [-0.05, 0) is 51.3 Å². The van der Waals surface area contributed by atoms with Gasteiger partial charge in [0, 0.05) is 6.54 Å². The van der Waals surface area contributed by atoms with Gasteiger partial charge in [-0.3, -0.25) is 4.79 Å². The van der Waals surface area contributed by atoms with Crippen LogP contribution in [0.4, 0.5) is 4.39 Å². The van der Waals surface area contributed by atoms with Crippen molar-refractivity contribution < 1.29 is 18.7 Å². The van der Waals surface area contributed by atoms with Crippen molar-refractivity contribution in [3.8, 4) is 0 Å². The highest BCUT2D eigenvalue weighted by atomic mass is 19.1. The van der Waals surface area contributed by atoms with Gasteiger partial charge in [-0.1, -0.05) is 37.8 Å². The summed E-state index contributed by atoms with van der Waals surface area (Å²) in [5, 5.41) is 2.83. The third-order valence-electron chi connectivity index (χ3n) is 5.07. The Kier molecular flexibility index (Phi) is 7.91. The number of carbonyl (C=O) groups is 2. The average Bonchev–Trinajstić information content (AvgIpc) is 3.15. The average molecular weight is 428 g/mol. The largest absolute Gasteiger partial charge is 0.453 e. The van der Waals surface area contributed by atoms with E-state index < -0.39 is 17.5 Å². The Morgan fingerprint density at radius 2 is 2.13 bits per heavy atom. The number of halogens is 1. The van der Waals surface area contributed by atoms with E-state index in [2.05, 4.69) is 16.9 Å². The number of nitrogens with zero attached hydrogens (tertiary/aromatic N) is 2. The van der Waals surface area contributed by atoms with E-state index in [0.29, 0.717) is 11.3 Å². The molecule has 1 atom stereocenters. The van der Waals surface area contributed by atoms with Crippen LogP contribution in [0.5, 0.6) is 0 Å². The molecule has 7 heteroatoms. The highest BCUT2D eigenvalue weighted by Crippen LogP contribution is 2.40. The lowest BCUT2D eigenvalue weighted by molar-refractivity contribution is -0.157. The summed E-state index contributed by atoms with van der Waals surface area (Å²) in [5.41, 5.74) is 1.48. The van der Waals surface area contributed by atoms with Crippen molar-refractivity contribution in [2.24, 2.45) is 0 Å². The topological polar surface area (TPSA) is 73.2 Å². The molecule has 0 saturated carbocycles. The van der Waals surface area contributed by atoms with E-state index in [1.54, 1.807) is 36.0 Å². The van der Waals surface area contributed by atoms with Crippen LogP contribution < -0.4 is 5.32 Å². The number of allylic oxidation sites excluding steroid dienone is 4. The van der Waals surface area contributed by atoms with Gasteiger partial charge in [-0.25, -0.2) is 14.2 Å². The number of aromatic nitrogens is 2. The summed E-state index contributed by atoms with van der Waals surface area (Å²) < 4.78 is 20.3. The Balaban J connectivity index is 2.35. The molecule has 6 nitrogen and oxygen atoms in total. The highest BCUT2D eigenvalue weighted by molar-refractivity contribution is 5.95. The van der Waals surface area contributed by atoms with Crippen molar-refractivity contribution in [3.63, 3.8) is 0 Å². The van der Waals surface area contributed by atoms with E-state index in [1.807, 2.05) is 33.8 Å². The predicted octanol–water partition coefficient (Wildman–Crippen LogP) is 4.76. The van der Waals surface area contributed by atoms with Gasteiger partial charge < -0.3 is 14.6 Å². The summed E-state index contributed by atoms with van der Waals surface area (Å²) in [6, 6.07) is -0.402. The molecule has 0 radical (unpaired) electrons. The summed E-state index contributed by atoms with van der Waals surface area (Å²) in [4.78, 5) is 29.6. The maximum Gasteiger partial charge on any atom is 0.338 e. The van der Waals surface area contributed by atoms with E-state index >= 15 is 0 Å². The summed E-state index contributed by atoms with van der Waals surface area (Å²) in [5.74, 6) is -1.28. The Labute approximate surface area is 182 Å². The van der Waals surface area contributed by atoms with Gasteiger partial charge in [0.1, 0.15) is 17.1 Å². The van der Waals surface area contributed by atoms with E-state index in [-0.39, 0.29) is 18.4 Å². The zero-order valence-electron chi connectivity index (χ0n) is 18.7. The molecule has 0 aromatic carbocycles. The van der Waals surface area contributed by atoms with Crippen molar-refractivity contribution in [1.82, 2.24) is 14.9 Å². The number of rotatable bonds is 8. The number of ether oxygens (including phenoxy) is 1. The van der Waals surface area contributed by atoms with Crippen LogP contribution in [0.3, 0.4) is 0 Å². The molecule has 0 aliphatic carbocycles. The molecule has 1 aliphatic heterocycles. The Morgan fingerprint density at radius 3 is 2.74 bits per heavy atom. The number of cyclic esters (lactones) is 1. The molecule has 1 aliphatic rings. The minimum Gasteiger partial charge on any atom is -0.453 e. The molecular formula is C24H30FN3O3. The molecule has 1 aromatic rings. The number of esters is 1. The van der Waals surface area contributed by atoms with Crippen molar-refractivity contribution >= 4 is 11.9 Å². The second-order valence-corrected chi connectivity index (χ2v) is 7.82. The van der Waals surface area contributed by atoms with E-state index in [1.165, 1.54) is 12.3 Å². The molecule has 0 bridgehead atoms. The first-order valence-electron chi connectivity index (χ1n) is 10.2. The Hall–Kier alpha value is -3.22. The quantitative estimate of drug-likeness (QED) is 0.480. The third-order valence-corrected chi connectivity index (χ3v) is 5.07. The van der Waals surface area contributed by atoms with Crippen molar-refractivity contribution in [1.29, 1.82) is 0 Å². The minimum atomic E-state index is -0.876. The molecule has 1 unspecified atom stereocenters. The molecule has 31 heavy (non-hydrogen) atoms. The molecule has 2 heterocycles. The van der Waals surface area contributed by atoms with Gasteiger partial charge >= 0.3 is 5.97 Å². The molecule has 1 amide bonds. The fourth-order valence-electron chi connectivity index (χ4n) is 3.57. The monoisotopic (exact) mass is 427 g/mol. The maximum absolute atomic E-state index is 12.9. The lowest BCUT2D eigenvalue weighted by Crippen LogP contribution is -2.44. The first-order valence-corrected chi connectivity index (χ1v) is 10.2. The fraction of sp³-hybridized carbons (Fsp3) is 0.375. The van der Waals surface area contributed by atoms with E-state index in [0.717, 1.165) is 17.6 Å². The van der Waals surface area contributed by atoms with Crippen LogP contribution in [-0.2, 0) is 9.53 Å². The Bertz CT molecular complexity index is 980. The normalized spacial score (nSPS) is 19.2. The summed E-state index contributed by atoms with van der Waals surface area (Å²) >= 11 is 0. The van der Waals surface area contributed by atoms with Crippen molar-refractivity contribution in [2.45, 2.75) is 52.7 Å². The lowest BCUT2D eigenvalue weighted by atomic mass is 9.86. The zero-order chi connectivity index (χ0) is 23.2. The van der Waals surface area contributed by atoms with Crippen LogP contribution in [0.1, 0.15) is 57.6 Å². The Morgan fingerprint density at radius 1 is 1.42 bits per heavy atom. The third kappa shape index (κ3) is 5.69. The van der Waals surface area contributed by atoms with Gasteiger partial charge in [0.05, 0.1) is 24.1 Å². The van der Waals surface area contributed by atoms with Crippen LogP contribution in [0, 0.1) is 0 Å². The smallest absolute Gasteiger partial charge is 0.338 e. The second kappa shape index (κ2) is 10.2. The van der Waals surface area contributed by atoms with Crippen LogP contribution in [0.2, 0.25) is 0 Å². The molecule has 0 fully saturated rings. The first-order chi connectivity index (χ1) is 14.6. The fourth-order valence-corrected chi connectivity index (χ4v) is 3.57. The maximum atomic E-state index is 12.9. The molecule has 0 saturated heterocycles. The van der Waals surface area contributed by atoms with Crippen molar-refractivity contribution in [3.05, 3.63) is 77.7 Å². The summed E-state index contributed by atoms with van der Waals surface area (Å²) in [6.07, 6.45) is 12.1. The number of amides is 1. The standard InChI is InChI=1S/C24H30FN3O3/c1-7-9-10-19-17(4)21(24(5,6)31-23(19)30)28-15-26-14-20(28)22(29)27-13-18(8-2)12-11-16(3)25/h8-12,14-15,21H,3,7,13H2,1-2,4-6H3,(H,27,29)/b10-9-,12-11-,18-8+. The predicted molar refractivity (Wildman–Crippen MR) is 119 cm³/mol. The SMILES string of the molecule is C=C(F)/C=C\C(=C/C)CNC(=O)c1cncn1C1C(C)=C(/C=C\CC)C(=O)OC1(C)C. The number of imidazole rings is 1. The highest BCUT2D eigenvalue weighted by Gasteiger charge is 2.43. The lowest BCUT2D eigenvalue weighted by Gasteiger charge is -2.40. The van der Waals surface area contributed by atoms with Gasteiger partial charge in [-0.15, -0.1) is 0 Å². The van der Waals surface area contributed by atoms with E-state index in [9.17, 15) is 14.0 Å². The van der Waals surface area contributed by atoms with Gasteiger partial charge in [0.15, 0.2) is 0 Å². The molecule has 1 N–H and O–H groups in total. The second-order valence-electron chi connectivity index (χ2n) is 7.82. The van der Waals surface area contributed by atoms with Crippen LogP contribution in [0.25, 0.3) is 0 Å². The summed E-state index contributed by atoms with van der Waals surface area (Å²) in [6.45, 7) is 12.7. The first kappa shape index (κ1) is 24.1. The van der Waals surface area contributed by atoms with Crippen LogP contribution in [-0.4, -0.2) is 33.6 Å². The number of hydrogen-bond donors (Lipinski definition) is 1. The van der Waals surface area contributed by atoms with Gasteiger partial charge in [-0.2, -0.15) is 0 Å². The minimum absolute atomic E-state index is 0.215. The molecule has 2 rings (SSSR count). The molecular weight excluding hydrogens is 397 g/mol. The van der Waals surface area contributed by atoms with E-state index in [4.69, 9.17) is 4.74 Å². The summed E-state index contributed by atoms with van der Waals surface area (Å²) in [7, 11) is 0. The molecule has 1 aromatic heterocycles. The number of hydrogen-bond acceptors (Lipinski definition) is 4. The van der Waals surface area contributed by atoms with Crippen LogP contribution in [0.15, 0.2) is 72.0 Å². The van der Waals surface area contributed by atoms with Crippen molar-refractivity contribution in [2.75, 3.05) is 6.54 Å². The van der Waals surface area contributed by atoms with Gasteiger partial charge in [0.25, 0.3) is 5.91 Å². The molecule has 0 spiro atoms. The van der Waals surface area contributed by atoms with Crippen LogP contribution >= 0.6 is 0 Å². The molecule has 166 valence electrons. The number of carbonyl (C=O) groups excluding carboxylic acids is 2.